The van der Waals surface area contributed by atoms with Crippen LogP contribution in [0.5, 0.6) is 0 Å². The van der Waals surface area contributed by atoms with Gasteiger partial charge in [0, 0.05) is 22.0 Å². The molecule has 0 bridgehead atoms. The first kappa shape index (κ1) is 22.3. The Bertz CT molecular complexity index is 904. The van der Waals surface area contributed by atoms with Gasteiger partial charge in [-0.15, -0.1) is 0 Å². The van der Waals surface area contributed by atoms with Gasteiger partial charge in [-0.3, -0.25) is 4.79 Å². The number of benzene rings is 2. The molecule has 0 spiro atoms. The summed E-state index contributed by atoms with van der Waals surface area (Å²) >= 11 is 2.29. The number of carbonyl (C=O) groups is 1. The van der Waals surface area contributed by atoms with E-state index < -0.39 is 6.29 Å². The Morgan fingerprint density at radius 1 is 1.06 bits per heavy atom. The van der Waals surface area contributed by atoms with Gasteiger partial charge < -0.3 is 19.9 Å². The summed E-state index contributed by atoms with van der Waals surface area (Å²) in [4.78, 5) is 12.9. The first-order valence-electron chi connectivity index (χ1n) is 10.9. The van der Waals surface area contributed by atoms with Crippen LogP contribution < -0.4 is 5.32 Å². The van der Waals surface area contributed by atoms with Crippen LogP contribution in [0, 0.1) is 3.57 Å². The van der Waals surface area contributed by atoms with Gasteiger partial charge in [-0.1, -0.05) is 49.2 Å². The molecule has 4 rings (SSSR count). The maximum atomic E-state index is 12.9. The molecule has 2 aromatic carbocycles. The Hall–Kier alpha value is -1.90. The summed E-state index contributed by atoms with van der Waals surface area (Å²) < 4.78 is 13.2. The molecule has 1 amide bonds. The normalized spacial score (nSPS) is 21.4. The quantitative estimate of drug-likeness (QED) is 0.504. The van der Waals surface area contributed by atoms with Crippen molar-refractivity contribution in [2.75, 3.05) is 0 Å². The van der Waals surface area contributed by atoms with E-state index in [2.05, 4.69) is 52.2 Å². The zero-order valence-corrected chi connectivity index (χ0v) is 19.6. The number of nitrogens with one attached hydrogen (secondary N) is 1. The summed E-state index contributed by atoms with van der Waals surface area (Å²) in [7, 11) is 0. The van der Waals surface area contributed by atoms with Crippen LogP contribution in [0.4, 0.5) is 0 Å². The predicted molar refractivity (Wildman–Crippen MR) is 127 cm³/mol. The van der Waals surface area contributed by atoms with Crippen molar-refractivity contribution in [1.29, 1.82) is 0 Å². The molecular formula is C25H28INO4. The average Bonchev–Trinajstić information content (AvgIpc) is 3.31. The molecule has 2 aliphatic rings. The van der Waals surface area contributed by atoms with Crippen molar-refractivity contribution < 1.29 is 19.4 Å². The van der Waals surface area contributed by atoms with Crippen molar-refractivity contribution in [3.05, 3.63) is 80.6 Å². The highest BCUT2D eigenvalue weighted by Gasteiger charge is 2.30. The zero-order valence-electron chi connectivity index (χ0n) is 17.4. The van der Waals surface area contributed by atoms with E-state index in [0.717, 1.165) is 42.4 Å². The van der Waals surface area contributed by atoms with E-state index in [1.165, 1.54) is 3.57 Å². The van der Waals surface area contributed by atoms with Crippen molar-refractivity contribution in [2.45, 2.75) is 63.6 Å². The van der Waals surface area contributed by atoms with E-state index in [4.69, 9.17) is 9.47 Å². The number of amides is 1. The monoisotopic (exact) mass is 533 g/mol. The first-order valence-corrected chi connectivity index (χ1v) is 11.9. The summed E-state index contributed by atoms with van der Waals surface area (Å²) in [5.74, 6) is 0.252. The van der Waals surface area contributed by atoms with Crippen LogP contribution >= 0.6 is 22.6 Å². The number of allylic oxidation sites excluding steroid dienone is 1. The predicted octanol–water partition coefficient (Wildman–Crippen LogP) is 4.77. The van der Waals surface area contributed by atoms with E-state index >= 15 is 0 Å². The van der Waals surface area contributed by atoms with Crippen LogP contribution in [0.25, 0.3) is 0 Å². The second kappa shape index (κ2) is 10.6. The lowest BCUT2D eigenvalue weighted by Crippen LogP contribution is -2.37. The van der Waals surface area contributed by atoms with Crippen molar-refractivity contribution in [3.8, 4) is 0 Å². The standard InChI is InChI=1S/C25H28INO4/c26-21-11-9-19(10-12-21)20-13-23(25(29)27-22-3-1-2-4-22)31-24(14-20)30-16-18-7-5-17(15-28)6-8-18/h5-13,20,22,24,28H,1-4,14-16H2,(H,27,29)/t20-,24+/m1/s1. The highest BCUT2D eigenvalue weighted by atomic mass is 127. The lowest BCUT2D eigenvalue weighted by molar-refractivity contribution is -0.150. The van der Waals surface area contributed by atoms with Crippen LogP contribution in [-0.2, 0) is 27.5 Å². The van der Waals surface area contributed by atoms with E-state index in [0.29, 0.717) is 18.8 Å². The minimum atomic E-state index is -0.504. The molecule has 5 nitrogen and oxygen atoms in total. The number of hydrogen-bond acceptors (Lipinski definition) is 4. The SMILES string of the molecule is O=C(NC1CCCC1)C1=C[C@@H](c2ccc(I)cc2)C[C@@H](OCc2ccc(CO)cc2)O1. The molecule has 2 N–H and O–H groups in total. The molecule has 2 aromatic rings. The first-order chi connectivity index (χ1) is 15.1. The Morgan fingerprint density at radius 2 is 1.74 bits per heavy atom. The largest absolute Gasteiger partial charge is 0.459 e. The van der Waals surface area contributed by atoms with Gasteiger partial charge in [0.2, 0.25) is 6.29 Å². The Labute approximate surface area is 197 Å². The van der Waals surface area contributed by atoms with Gasteiger partial charge in [-0.2, -0.15) is 0 Å². The molecule has 0 saturated heterocycles. The third-order valence-corrected chi connectivity index (χ3v) is 6.63. The molecule has 1 aliphatic heterocycles. The molecule has 164 valence electrons. The van der Waals surface area contributed by atoms with Crippen LogP contribution in [0.15, 0.2) is 60.4 Å². The van der Waals surface area contributed by atoms with Crippen LogP contribution in [0.1, 0.15) is 54.7 Å². The molecule has 0 unspecified atom stereocenters. The number of carbonyl (C=O) groups excluding carboxylic acids is 1. The summed E-state index contributed by atoms with van der Waals surface area (Å²) in [6, 6.07) is 16.2. The molecule has 31 heavy (non-hydrogen) atoms. The fourth-order valence-electron chi connectivity index (χ4n) is 4.12. The lowest BCUT2D eigenvalue weighted by Gasteiger charge is -2.30. The van der Waals surface area contributed by atoms with Gasteiger partial charge >= 0.3 is 0 Å². The second-order valence-electron chi connectivity index (χ2n) is 8.21. The van der Waals surface area contributed by atoms with Crippen molar-refractivity contribution in [1.82, 2.24) is 5.32 Å². The molecule has 1 saturated carbocycles. The van der Waals surface area contributed by atoms with Crippen LogP contribution in [-0.4, -0.2) is 23.3 Å². The minimum Gasteiger partial charge on any atom is -0.459 e. The zero-order chi connectivity index (χ0) is 21.6. The fraction of sp³-hybridized carbons (Fsp3) is 0.400. The summed E-state index contributed by atoms with van der Waals surface area (Å²) in [5.41, 5.74) is 3.01. The second-order valence-corrected chi connectivity index (χ2v) is 9.46. The molecule has 2 atom stereocenters. The number of hydrogen-bond donors (Lipinski definition) is 2. The van der Waals surface area contributed by atoms with E-state index in [9.17, 15) is 9.90 Å². The molecular weight excluding hydrogens is 505 g/mol. The van der Waals surface area contributed by atoms with Crippen molar-refractivity contribution in [3.63, 3.8) is 0 Å². The summed E-state index contributed by atoms with van der Waals surface area (Å²) in [6.07, 6.45) is 6.47. The van der Waals surface area contributed by atoms with Gasteiger partial charge in [0.05, 0.1) is 13.2 Å². The highest BCUT2D eigenvalue weighted by molar-refractivity contribution is 14.1. The lowest BCUT2D eigenvalue weighted by atomic mass is 9.93. The molecule has 6 heteroatoms. The van der Waals surface area contributed by atoms with Gasteiger partial charge in [0.15, 0.2) is 5.76 Å². The topological polar surface area (TPSA) is 67.8 Å². The van der Waals surface area contributed by atoms with E-state index in [-0.39, 0.29) is 24.5 Å². The number of aliphatic hydroxyl groups is 1. The smallest absolute Gasteiger partial charge is 0.286 e. The Kier molecular flexibility index (Phi) is 7.63. The minimum absolute atomic E-state index is 0.0226. The van der Waals surface area contributed by atoms with Gasteiger partial charge in [0.25, 0.3) is 5.91 Å². The number of aliphatic hydroxyl groups excluding tert-OH is 1. The molecule has 1 heterocycles. The molecule has 1 fully saturated rings. The van der Waals surface area contributed by atoms with Crippen LogP contribution in [0.2, 0.25) is 0 Å². The maximum absolute atomic E-state index is 12.9. The van der Waals surface area contributed by atoms with Gasteiger partial charge in [-0.05, 0) is 70.3 Å². The summed E-state index contributed by atoms with van der Waals surface area (Å²) in [5, 5.41) is 12.3. The fourth-order valence-corrected chi connectivity index (χ4v) is 4.48. The Balaban J connectivity index is 1.47. The third-order valence-electron chi connectivity index (χ3n) is 5.91. The Morgan fingerprint density at radius 3 is 2.42 bits per heavy atom. The average molecular weight is 533 g/mol. The van der Waals surface area contributed by atoms with Gasteiger partial charge in [0.1, 0.15) is 0 Å². The van der Waals surface area contributed by atoms with Crippen molar-refractivity contribution in [2.24, 2.45) is 0 Å². The number of halogens is 1. The highest BCUT2D eigenvalue weighted by Crippen LogP contribution is 2.32. The molecule has 0 radical (unpaired) electrons. The summed E-state index contributed by atoms with van der Waals surface area (Å²) in [6.45, 7) is 0.405. The van der Waals surface area contributed by atoms with E-state index in [1.807, 2.05) is 30.3 Å². The maximum Gasteiger partial charge on any atom is 0.286 e. The number of rotatable bonds is 7. The molecule has 0 aromatic heterocycles. The van der Waals surface area contributed by atoms with Gasteiger partial charge in [-0.25, -0.2) is 0 Å². The van der Waals surface area contributed by atoms with Crippen molar-refractivity contribution >= 4 is 28.5 Å². The third kappa shape index (κ3) is 6.08. The van der Waals surface area contributed by atoms with Crippen LogP contribution in [0.3, 0.4) is 0 Å². The van der Waals surface area contributed by atoms with E-state index in [1.54, 1.807) is 0 Å². The molecule has 1 aliphatic carbocycles. The number of ether oxygens (including phenoxy) is 2.